The molecule has 0 saturated heterocycles. The molecule has 1 saturated carbocycles. The Morgan fingerprint density at radius 1 is 1.47 bits per heavy atom. The highest BCUT2D eigenvalue weighted by molar-refractivity contribution is 6.30. The molecule has 1 fully saturated rings. The summed E-state index contributed by atoms with van der Waals surface area (Å²) in [6.07, 6.45) is 2.32. The molecule has 17 heavy (non-hydrogen) atoms. The third-order valence-corrected chi connectivity index (χ3v) is 3.77. The molecule has 0 amide bonds. The first-order valence-corrected chi connectivity index (χ1v) is 6.26. The smallest absolute Gasteiger partial charge is 0.120 e. The van der Waals surface area contributed by atoms with Crippen molar-refractivity contribution in [2.45, 2.75) is 31.8 Å². The molecule has 1 atom stereocenters. The van der Waals surface area contributed by atoms with E-state index in [2.05, 4.69) is 5.32 Å². The molecule has 0 heterocycles. The molecule has 94 valence electrons. The molecule has 4 heteroatoms. The zero-order chi connectivity index (χ0) is 12.5. The van der Waals surface area contributed by atoms with Gasteiger partial charge in [0.15, 0.2) is 0 Å². The molecule has 1 aliphatic rings. The highest BCUT2D eigenvalue weighted by Gasteiger charge is 2.40. The van der Waals surface area contributed by atoms with Gasteiger partial charge in [0.1, 0.15) is 5.75 Å². The van der Waals surface area contributed by atoms with Gasteiger partial charge < -0.3 is 15.5 Å². The predicted molar refractivity (Wildman–Crippen MR) is 68.2 cm³/mol. The summed E-state index contributed by atoms with van der Waals surface area (Å²) >= 11 is 5.89. The fourth-order valence-corrected chi connectivity index (χ4v) is 2.24. The molecule has 1 aromatic rings. The maximum Gasteiger partial charge on any atom is 0.120 e. The third kappa shape index (κ3) is 2.92. The lowest BCUT2D eigenvalue weighted by molar-refractivity contribution is 0.153. The highest BCUT2D eigenvalue weighted by atomic mass is 35.5. The summed E-state index contributed by atoms with van der Waals surface area (Å²) in [5.74, 6) is 0.770. The normalized spacial score (nSPS) is 19.0. The molecule has 3 nitrogen and oxygen atoms in total. The van der Waals surface area contributed by atoms with Gasteiger partial charge in [-0.15, -0.1) is 0 Å². The van der Waals surface area contributed by atoms with Crippen molar-refractivity contribution in [3.05, 3.63) is 28.8 Å². The van der Waals surface area contributed by atoms with Gasteiger partial charge in [-0.05, 0) is 43.9 Å². The van der Waals surface area contributed by atoms with Crippen LogP contribution >= 0.6 is 11.6 Å². The topological polar surface area (TPSA) is 52.5 Å². The number of aliphatic hydroxyl groups excluding tert-OH is 1. The Kier molecular flexibility index (Phi) is 3.61. The van der Waals surface area contributed by atoms with Gasteiger partial charge in [0.2, 0.25) is 0 Å². The second-order valence-electron chi connectivity index (χ2n) is 4.98. The number of aromatic hydroxyl groups is 1. The lowest BCUT2D eigenvalue weighted by atomic mass is 9.96. The largest absolute Gasteiger partial charge is 0.508 e. The number of hydrogen-bond donors (Lipinski definition) is 3. The van der Waals surface area contributed by atoms with E-state index in [4.69, 9.17) is 11.6 Å². The van der Waals surface area contributed by atoms with Gasteiger partial charge in [-0.1, -0.05) is 11.6 Å². The van der Waals surface area contributed by atoms with Gasteiger partial charge in [0, 0.05) is 22.7 Å². The summed E-state index contributed by atoms with van der Waals surface area (Å²) in [6.45, 7) is 2.64. The van der Waals surface area contributed by atoms with E-state index in [0.717, 1.165) is 18.4 Å². The molecule has 2 rings (SSSR count). The van der Waals surface area contributed by atoms with Crippen molar-refractivity contribution in [3.8, 4) is 5.75 Å². The maximum absolute atomic E-state index is 9.70. The van der Waals surface area contributed by atoms with Crippen LogP contribution in [0, 0.1) is 5.92 Å². The lowest BCUT2D eigenvalue weighted by Gasteiger charge is -2.29. The molecule has 0 radical (unpaired) electrons. The number of aliphatic hydroxyl groups is 1. The molecular weight excluding hydrogens is 238 g/mol. The first-order valence-electron chi connectivity index (χ1n) is 5.88. The van der Waals surface area contributed by atoms with Crippen LogP contribution in [0.4, 0.5) is 0 Å². The fraction of sp³-hybridized carbons (Fsp3) is 0.538. The van der Waals surface area contributed by atoms with Gasteiger partial charge >= 0.3 is 0 Å². The molecule has 1 unspecified atom stereocenters. The predicted octanol–water partition coefficient (Wildman–Crippen LogP) is 2.30. The number of benzene rings is 1. The summed E-state index contributed by atoms with van der Waals surface area (Å²) in [7, 11) is 0. The van der Waals surface area contributed by atoms with Gasteiger partial charge in [0.25, 0.3) is 0 Å². The molecule has 3 N–H and O–H groups in total. The molecule has 0 bridgehead atoms. The number of rotatable bonds is 5. The van der Waals surface area contributed by atoms with E-state index in [9.17, 15) is 10.2 Å². The Balaban J connectivity index is 2.03. The Morgan fingerprint density at radius 2 is 2.18 bits per heavy atom. The number of nitrogens with one attached hydrogen (secondary N) is 1. The average molecular weight is 256 g/mol. The van der Waals surface area contributed by atoms with Crippen LogP contribution in [0.25, 0.3) is 0 Å². The molecular formula is C13H18ClNO2. The van der Waals surface area contributed by atoms with Crippen LogP contribution in [0.15, 0.2) is 18.2 Å². The van der Waals surface area contributed by atoms with Crippen molar-refractivity contribution in [1.29, 1.82) is 0 Å². The summed E-state index contributed by atoms with van der Waals surface area (Å²) < 4.78 is 0. The average Bonchev–Trinajstić information content (AvgIpc) is 3.14. The van der Waals surface area contributed by atoms with Crippen LogP contribution in [-0.2, 0) is 6.54 Å². The minimum Gasteiger partial charge on any atom is -0.508 e. The van der Waals surface area contributed by atoms with Crippen LogP contribution in [0.5, 0.6) is 5.75 Å². The van der Waals surface area contributed by atoms with E-state index in [0.29, 0.717) is 17.5 Å². The van der Waals surface area contributed by atoms with E-state index < -0.39 is 0 Å². The SMILES string of the molecule is CC(CO)(NCc1cc(Cl)ccc1O)C1CC1. The van der Waals surface area contributed by atoms with E-state index in [1.807, 2.05) is 6.92 Å². The minimum absolute atomic E-state index is 0.110. The Hall–Kier alpha value is -0.770. The summed E-state index contributed by atoms with van der Waals surface area (Å²) in [6, 6.07) is 4.99. The van der Waals surface area contributed by atoms with E-state index in [-0.39, 0.29) is 17.9 Å². The molecule has 1 aliphatic carbocycles. The zero-order valence-electron chi connectivity index (χ0n) is 9.91. The van der Waals surface area contributed by atoms with Crippen molar-refractivity contribution >= 4 is 11.6 Å². The van der Waals surface area contributed by atoms with Crippen molar-refractivity contribution in [3.63, 3.8) is 0 Å². The fourth-order valence-electron chi connectivity index (χ4n) is 2.04. The number of phenols is 1. The van der Waals surface area contributed by atoms with Gasteiger partial charge in [-0.25, -0.2) is 0 Å². The van der Waals surface area contributed by atoms with Crippen LogP contribution in [0.1, 0.15) is 25.3 Å². The van der Waals surface area contributed by atoms with Gasteiger partial charge in [-0.2, -0.15) is 0 Å². The second kappa shape index (κ2) is 4.84. The highest BCUT2D eigenvalue weighted by Crippen LogP contribution is 2.39. The zero-order valence-corrected chi connectivity index (χ0v) is 10.7. The van der Waals surface area contributed by atoms with Crippen LogP contribution in [-0.4, -0.2) is 22.4 Å². The number of phenolic OH excluding ortho intramolecular Hbond substituents is 1. The van der Waals surface area contributed by atoms with Crippen molar-refractivity contribution in [2.75, 3.05) is 6.61 Å². The Bertz CT molecular complexity index is 406. The van der Waals surface area contributed by atoms with E-state index in [1.165, 1.54) is 0 Å². The Morgan fingerprint density at radius 3 is 2.76 bits per heavy atom. The van der Waals surface area contributed by atoms with Gasteiger partial charge in [0.05, 0.1) is 6.61 Å². The molecule has 0 aromatic heterocycles. The molecule has 0 aliphatic heterocycles. The second-order valence-corrected chi connectivity index (χ2v) is 5.41. The third-order valence-electron chi connectivity index (χ3n) is 3.53. The maximum atomic E-state index is 9.70. The minimum atomic E-state index is -0.255. The molecule has 0 spiro atoms. The van der Waals surface area contributed by atoms with E-state index in [1.54, 1.807) is 18.2 Å². The van der Waals surface area contributed by atoms with Crippen molar-refractivity contribution in [1.82, 2.24) is 5.32 Å². The Labute approximate surface area is 106 Å². The number of hydrogen-bond acceptors (Lipinski definition) is 3. The van der Waals surface area contributed by atoms with Gasteiger partial charge in [-0.3, -0.25) is 0 Å². The summed E-state index contributed by atoms with van der Waals surface area (Å²) in [5, 5.41) is 23.1. The first kappa shape index (κ1) is 12.7. The molecule has 1 aromatic carbocycles. The summed E-state index contributed by atoms with van der Waals surface area (Å²) in [5.41, 5.74) is 0.507. The monoisotopic (exact) mass is 255 g/mol. The van der Waals surface area contributed by atoms with Crippen LogP contribution in [0.2, 0.25) is 5.02 Å². The van der Waals surface area contributed by atoms with Crippen LogP contribution in [0.3, 0.4) is 0 Å². The quantitative estimate of drug-likeness (QED) is 0.757. The standard InChI is InChI=1S/C13H18ClNO2/c1-13(8-16,10-2-3-10)15-7-9-6-11(14)4-5-12(9)17/h4-6,10,15-17H,2-3,7-8H2,1H3. The first-order chi connectivity index (χ1) is 8.05. The number of halogens is 1. The lowest BCUT2D eigenvalue weighted by Crippen LogP contribution is -2.47. The van der Waals surface area contributed by atoms with E-state index >= 15 is 0 Å². The van der Waals surface area contributed by atoms with Crippen LogP contribution < -0.4 is 5.32 Å². The van der Waals surface area contributed by atoms with Crippen molar-refractivity contribution < 1.29 is 10.2 Å². The summed E-state index contributed by atoms with van der Waals surface area (Å²) in [4.78, 5) is 0. The van der Waals surface area contributed by atoms with Crippen molar-refractivity contribution in [2.24, 2.45) is 5.92 Å².